The van der Waals surface area contributed by atoms with Gasteiger partial charge >= 0.3 is 0 Å². The van der Waals surface area contributed by atoms with E-state index in [1.807, 2.05) is 13.8 Å². The Bertz CT molecular complexity index is 708. The maximum Gasteiger partial charge on any atom is 0.290 e. The lowest BCUT2D eigenvalue weighted by Gasteiger charge is -2.29. The van der Waals surface area contributed by atoms with E-state index in [2.05, 4.69) is 4.90 Å². The Kier molecular flexibility index (Phi) is 6.42. The van der Waals surface area contributed by atoms with E-state index >= 15 is 0 Å². The van der Waals surface area contributed by atoms with Gasteiger partial charge in [0.2, 0.25) is 0 Å². The van der Waals surface area contributed by atoms with Gasteiger partial charge in [0.25, 0.3) is 5.91 Å². The van der Waals surface area contributed by atoms with Gasteiger partial charge in [0.15, 0.2) is 11.5 Å². The second kappa shape index (κ2) is 8.36. The average Bonchev–Trinajstić information content (AvgIpc) is 2.86. The number of aliphatic hydroxyl groups excluding tert-OH is 1. The zero-order chi connectivity index (χ0) is 19.4. The van der Waals surface area contributed by atoms with Gasteiger partial charge in [-0.1, -0.05) is 39.8 Å². The molecule has 1 aliphatic rings. The van der Waals surface area contributed by atoms with Crippen LogP contribution in [0.3, 0.4) is 0 Å². The lowest BCUT2D eigenvalue weighted by Crippen LogP contribution is -2.38. The van der Waals surface area contributed by atoms with Gasteiger partial charge in [-0.05, 0) is 30.8 Å². The number of amides is 1. The normalized spacial score (nSPS) is 17.7. The molecule has 1 aliphatic heterocycles. The molecule has 1 aromatic carbocycles. The molecule has 0 radical (unpaired) electrons. The van der Waals surface area contributed by atoms with Crippen molar-refractivity contribution in [1.29, 1.82) is 0 Å². The summed E-state index contributed by atoms with van der Waals surface area (Å²) in [6.45, 7) is 10.3. The first-order chi connectivity index (χ1) is 12.3. The van der Waals surface area contributed by atoms with E-state index in [1.165, 1.54) is 17.0 Å². The third-order valence-electron chi connectivity index (χ3n) is 4.83. The van der Waals surface area contributed by atoms with Crippen LogP contribution in [0.5, 0.6) is 5.75 Å². The Morgan fingerprint density at radius 2 is 1.88 bits per heavy atom. The quantitative estimate of drug-likeness (QED) is 0.745. The van der Waals surface area contributed by atoms with Crippen molar-refractivity contribution < 1.29 is 19.8 Å². The van der Waals surface area contributed by atoms with Gasteiger partial charge in [0.1, 0.15) is 5.75 Å². The highest BCUT2D eigenvalue weighted by molar-refractivity contribution is 6.09. The first-order valence-electron chi connectivity index (χ1n) is 9.11. The third kappa shape index (κ3) is 3.90. The molecule has 26 heavy (non-hydrogen) atoms. The molecule has 0 bridgehead atoms. The summed E-state index contributed by atoms with van der Waals surface area (Å²) in [5.74, 6) is -1.55. The van der Waals surface area contributed by atoms with Gasteiger partial charge < -0.3 is 20.0 Å². The number of phenols is 1. The largest absolute Gasteiger partial charge is 0.508 e. The first kappa shape index (κ1) is 20.0. The summed E-state index contributed by atoms with van der Waals surface area (Å²) in [5.41, 5.74) is 0.737. The smallest absolute Gasteiger partial charge is 0.290 e. The molecule has 142 valence electrons. The van der Waals surface area contributed by atoms with Crippen LogP contribution in [0.2, 0.25) is 0 Å². The van der Waals surface area contributed by atoms with Crippen molar-refractivity contribution in [3.63, 3.8) is 0 Å². The topological polar surface area (TPSA) is 81.1 Å². The number of phenolic OH excluding ortho intramolecular Hbond substituents is 1. The lowest BCUT2D eigenvalue weighted by atomic mass is 9.91. The van der Waals surface area contributed by atoms with Crippen molar-refractivity contribution in [3.8, 4) is 5.75 Å². The van der Waals surface area contributed by atoms with Crippen LogP contribution < -0.4 is 0 Å². The molecule has 0 saturated carbocycles. The molecule has 1 amide bonds. The van der Waals surface area contributed by atoms with Crippen LogP contribution in [0.25, 0.3) is 0 Å². The highest BCUT2D eigenvalue weighted by atomic mass is 16.3. The Balaban J connectivity index is 2.44. The van der Waals surface area contributed by atoms with Crippen LogP contribution in [0.4, 0.5) is 0 Å². The highest BCUT2D eigenvalue weighted by Gasteiger charge is 2.43. The zero-order valence-electron chi connectivity index (χ0n) is 15.9. The summed E-state index contributed by atoms with van der Waals surface area (Å²) in [5, 5.41) is 20.3. The van der Waals surface area contributed by atoms with Crippen molar-refractivity contribution in [1.82, 2.24) is 9.80 Å². The molecule has 0 aromatic heterocycles. The number of hydrogen-bond acceptors (Lipinski definition) is 5. The summed E-state index contributed by atoms with van der Waals surface area (Å²) < 4.78 is 0. The maximum atomic E-state index is 12.7. The van der Waals surface area contributed by atoms with Crippen molar-refractivity contribution in [2.75, 3.05) is 26.2 Å². The van der Waals surface area contributed by atoms with Crippen molar-refractivity contribution in [2.24, 2.45) is 5.92 Å². The standard InChI is InChI=1S/C20H28N2O4/c1-5-21(6-2)10-11-22-17(14-8-7-9-15(23)12-14)16(18(24)13(3)4)19(25)20(22)26/h7-9,12-13,17,23,25H,5-6,10-11H2,1-4H3. The Hall–Kier alpha value is -2.34. The molecular weight excluding hydrogens is 332 g/mol. The molecule has 6 nitrogen and oxygen atoms in total. The fraction of sp³-hybridized carbons (Fsp3) is 0.500. The number of aromatic hydroxyl groups is 1. The number of Topliss-reactive ketones (excluding diaryl/α,β-unsaturated/α-hetero) is 1. The molecule has 0 spiro atoms. The van der Waals surface area contributed by atoms with Crippen LogP contribution >= 0.6 is 0 Å². The number of nitrogens with zero attached hydrogens (tertiary/aromatic N) is 2. The number of likely N-dealkylation sites (N-methyl/N-ethyl adjacent to an activating group) is 1. The van der Waals surface area contributed by atoms with Gasteiger partial charge in [-0.15, -0.1) is 0 Å². The molecule has 0 fully saturated rings. The van der Waals surface area contributed by atoms with E-state index in [9.17, 15) is 19.8 Å². The van der Waals surface area contributed by atoms with Crippen molar-refractivity contribution in [3.05, 3.63) is 41.2 Å². The average molecular weight is 360 g/mol. The molecule has 0 saturated heterocycles. The number of benzene rings is 1. The predicted molar refractivity (Wildman–Crippen MR) is 99.8 cm³/mol. The summed E-state index contributed by atoms with van der Waals surface area (Å²) in [7, 11) is 0. The van der Waals surface area contributed by atoms with Crippen LogP contribution in [0, 0.1) is 5.92 Å². The van der Waals surface area contributed by atoms with Gasteiger partial charge in [0, 0.05) is 19.0 Å². The monoisotopic (exact) mass is 360 g/mol. The summed E-state index contributed by atoms with van der Waals surface area (Å²) in [6, 6.07) is 5.82. The minimum atomic E-state index is -0.680. The van der Waals surface area contributed by atoms with E-state index in [-0.39, 0.29) is 23.0 Å². The molecule has 6 heteroatoms. The van der Waals surface area contributed by atoms with E-state index in [1.54, 1.807) is 26.0 Å². The van der Waals surface area contributed by atoms with Gasteiger partial charge in [-0.25, -0.2) is 0 Å². The van der Waals surface area contributed by atoms with Crippen LogP contribution in [0.15, 0.2) is 35.6 Å². The second-order valence-corrected chi connectivity index (χ2v) is 6.80. The van der Waals surface area contributed by atoms with E-state index in [4.69, 9.17) is 0 Å². The number of aliphatic hydroxyl groups is 1. The molecule has 1 atom stereocenters. The Morgan fingerprint density at radius 3 is 2.42 bits per heavy atom. The number of rotatable bonds is 8. The number of carbonyl (C=O) groups excluding carboxylic acids is 2. The third-order valence-corrected chi connectivity index (χ3v) is 4.83. The summed E-state index contributed by atoms with van der Waals surface area (Å²) in [4.78, 5) is 29.1. The van der Waals surface area contributed by atoms with Gasteiger partial charge in [-0.3, -0.25) is 9.59 Å². The minimum absolute atomic E-state index is 0.0568. The van der Waals surface area contributed by atoms with Crippen molar-refractivity contribution in [2.45, 2.75) is 33.7 Å². The lowest BCUT2D eigenvalue weighted by molar-refractivity contribution is -0.129. The maximum absolute atomic E-state index is 12.7. The number of ketones is 1. The van der Waals surface area contributed by atoms with Crippen LogP contribution in [-0.2, 0) is 9.59 Å². The van der Waals surface area contributed by atoms with E-state index in [0.717, 1.165) is 13.1 Å². The fourth-order valence-corrected chi connectivity index (χ4v) is 3.28. The van der Waals surface area contributed by atoms with Gasteiger partial charge in [-0.2, -0.15) is 0 Å². The number of hydrogen-bond donors (Lipinski definition) is 2. The Morgan fingerprint density at radius 1 is 1.23 bits per heavy atom. The molecule has 2 rings (SSSR count). The minimum Gasteiger partial charge on any atom is -0.508 e. The van der Waals surface area contributed by atoms with Gasteiger partial charge in [0.05, 0.1) is 11.6 Å². The van der Waals surface area contributed by atoms with Crippen molar-refractivity contribution >= 4 is 11.7 Å². The molecule has 1 aromatic rings. The zero-order valence-corrected chi connectivity index (χ0v) is 15.9. The van der Waals surface area contributed by atoms with Crippen LogP contribution in [-0.4, -0.2) is 57.9 Å². The summed E-state index contributed by atoms with van der Waals surface area (Å²) >= 11 is 0. The van der Waals surface area contributed by atoms with E-state index in [0.29, 0.717) is 18.7 Å². The van der Waals surface area contributed by atoms with E-state index < -0.39 is 17.7 Å². The molecule has 0 aliphatic carbocycles. The Labute approximate surface area is 154 Å². The van der Waals surface area contributed by atoms with Crippen LogP contribution in [0.1, 0.15) is 39.3 Å². The first-order valence-corrected chi connectivity index (χ1v) is 9.11. The SMILES string of the molecule is CCN(CC)CCN1C(=O)C(O)=C(C(=O)C(C)C)C1c1cccc(O)c1. The molecule has 1 heterocycles. The second-order valence-electron chi connectivity index (χ2n) is 6.80. The fourth-order valence-electron chi connectivity index (χ4n) is 3.28. The highest BCUT2D eigenvalue weighted by Crippen LogP contribution is 2.39. The summed E-state index contributed by atoms with van der Waals surface area (Å²) in [6.07, 6.45) is 0. The molecular formula is C20H28N2O4. The molecule has 1 unspecified atom stereocenters. The predicted octanol–water partition coefficient (Wildman–Crippen LogP) is 2.65. The molecule has 2 N–H and O–H groups in total. The number of carbonyl (C=O) groups is 2.